The summed E-state index contributed by atoms with van der Waals surface area (Å²) in [6.45, 7) is 0.837. The Morgan fingerprint density at radius 2 is 1.94 bits per heavy atom. The smallest absolute Gasteiger partial charge is 0.240 e. The Balaban J connectivity index is 0. The lowest BCUT2D eigenvalue weighted by atomic mass is 10.2. The van der Waals surface area contributed by atoms with Crippen LogP contribution in [0.5, 0.6) is 0 Å². The Morgan fingerprint density at radius 1 is 1.35 bits per heavy atom. The molecule has 8 heteroatoms. The van der Waals surface area contributed by atoms with E-state index in [1.54, 1.807) is 7.05 Å². The standard InChI is InChI=1S/C9H19N3O2S2.ClH/c1-12(7(2-4-15)9(10)14)8(13)6-11-3-5-16;/h7,11,15-16H,2-6H2,1H3,(H2,10,14);1H/t7-;/m0./s1. The fourth-order valence-corrected chi connectivity index (χ4v) is 1.62. The number of halogens is 1. The van der Waals surface area contributed by atoms with Crippen molar-refractivity contribution in [1.82, 2.24) is 10.2 Å². The summed E-state index contributed by atoms with van der Waals surface area (Å²) in [6.07, 6.45) is 0.466. The second-order valence-electron chi connectivity index (χ2n) is 3.34. The fraction of sp³-hybridized carbons (Fsp3) is 0.778. The summed E-state index contributed by atoms with van der Waals surface area (Å²) >= 11 is 8.04. The van der Waals surface area contributed by atoms with E-state index in [0.29, 0.717) is 24.5 Å². The monoisotopic (exact) mass is 301 g/mol. The molecule has 1 atom stereocenters. The van der Waals surface area contributed by atoms with Gasteiger partial charge in [-0.05, 0) is 12.2 Å². The normalized spacial score (nSPS) is 11.5. The van der Waals surface area contributed by atoms with Crippen LogP contribution in [0, 0.1) is 0 Å². The number of thiol groups is 2. The quantitative estimate of drug-likeness (QED) is 0.363. The number of carbonyl (C=O) groups excluding carboxylic acids is 2. The molecule has 0 radical (unpaired) electrons. The third-order valence-corrected chi connectivity index (χ3v) is 2.64. The van der Waals surface area contributed by atoms with Gasteiger partial charge in [0.15, 0.2) is 0 Å². The highest BCUT2D eigenvalue weighted by Gasteiger charge is 2.23. The second-order valence-corrected chi connectivity index (χ2v) is 4.23. The Hall–Kier alpha value is -0.110. The number of carbonyl (C=O) groups is 2. The number of amides is 2. The summed E-state index contributed by atoms with van der Waals surface area (Å²) in [4.78, 5) is 24.1. The van der Waals surface area contributed by atoms with E-state index in [1.165, 1.54) is 4.90 Å². The third-order valence-electron chi connectivity index (χ3n) is 2.16. The van der Waals surface area contributed by atoms with Crippen molar-refractivity contribution in [2.24, 2.45) is 5.73 Å². The molecule has 0 aliphatic heterocycles. The van der Waals surface area contributed by atoms with Gasteiger partial charge in [-0.3, -0.25) is 9.59 Å². The van der Waals surface area contributed by atoms with E-state index in [1.807, 2.05) is 0 Å². The van der Waals surface area contributed by atoms with Crippen molar-refractivity contribution in [2.75, 3.05) is 31.6 Å². The first-order valence-corrected chi connectivity index (χ1v) is 6.28. The lowest BCUT2D eigenvalue weighted by molar-refractivity contribution is -0.137. The van der Waals surface area contributed by atoms with Crippen LogP contribution in [0.3, 0.4) is 0 Å². The summed E-state index contributed by atoms with van der Waals surface area (Å²) in [5.74, 6) is 0.508. The zero-order valence-electron chi connectivity index (χ0n) is 9.76. The first-order valence-electron chi connectivity index (χ1n) is 5.02. The predicted molar refractivity (Wildman–Crippen MR) is 78.2 cm³/mol. The van der Waals surface area contributed by atoms with Gasteiger partial charge in [0.05, 0.1) is 6.54 Å². The zero-order chi connectivity index (χ0) is 12.6. The first kappa shape index (κ1) is 19.2. The van der Waals surface area contributed by atoms with Crippen LogP contribution in [0.4, 0.5) is 0 Å². The number of likely N-dealkylation sites (N-methyl/N-ethyl adjacent to an activating group) is 1. The largest absolute Gasteiger partial charge is 0.368 e. The first-order chi connectivity index (χ1) is 7.54. The van der Waals surface area contributed by atoms with Gasteiger partial charge in [0.1, 0.15) is 6.04 Å². The lowest BCUT2D eigenvalue weighted by Gasteiger charge is -2.25. The fourth-order valence-electron chi connectivity index (χ4n) is 1.22. The van der Waals surface area contributed by atoms with Crippen LogP contribution in [0.25, 0.3) is 0 Å². The minimum Gasteiger partial charge on any atom is -0.368 e. The van der Waals surface area contributed by atoms with Crippen molar-refractivity contribution in [3.63, 3.8) is 0 Å². The molecule has 0 aromatic heterocycles. The molecule has 0 aromatic carbocycles. The van der Waals surface area contributed by atoms with Crippen LogP contribution in [0.1, 0.15) is 6.42 Å². The minimum absolute atomic E-state index is 0. The predicted octanol–water partition coefficient (Wildman–Crippen LogP) is -0.440. The Labute approximate surface area is 119 Å². The van der Waals surface area contributed by atoms with Gasteiger partial charge in [-0.25, -0.2) is 0 Å². The van der Waals surface area contributed by atoms with Gasteiger partial charge in [0.2, 0.25) is 11.8 Å². The molecular formula is C9H20ClN3O2S2. The van der Waals surface area contributed by atoms with E-state index in [4.69, 9.17) is 5.73 Å². The number of nitrogens with one attached hydrogen (secondary N) is 1. The van der Waals surface area contributed by atoms with E-state index in [-0.39, 0.29) is 24.9 Å². The van der Waals surface area contributed by atoms with Crippen molar-refractivity contribution in [3.05, 3.63) is 0 Å². The van der Waals surface area contributed by atoms with Crippen LogP contribution in [0.2, 0.25) is 0 Å². The molecule has 0 fully saturated rings. The van der Waals surface area contributed by atoms with E-state index < -0.39 is 11.9 Å². The number of rotatable bonds is 8. The van der Waals surface area contributed by atoms with Crippen molar-refractivity contribution in [1.29, 1.82) is 0 Å². The maximum Gasteiger partial charge on any atom is 0.240 e. The lowest BCUT2D eigenvalue weighted by Crippen LogP contribution is -2.48. The van der Waals surface area contributed by atoms with Gasteiger partial charge in [-0.2, -0.15) is 25.3 Å². The summed E-state index contributed by atoms with van der Waals surface area (Å²) in [6, 6.07) is -0.581. The summed E-state index contributed by atoms with van der Waals surface area (Å²) in [7, 11) is 1.57. The van der Waals surface area contributed by atoms with Gasteiger partial charge in [0.25, 0.3) is 0 Å². The van der Waals surface area contributed by atoms with Gasteiger partial charge < -0.3 is 16.0 Å². The molecule has 17 heavy (non-hydrogen) atoms. The molecule has 0 spiro atoms. The van der Waals surface area contributed by atoms with E-state index in [2.05, 4.69) is 30.6 Å². The SMILES string of the molecule is CN(C(=O)CNCCS)[C@@H](CCS)C(N)=O.Cl. The van der Waals surface area contributed by atoms with Crippen LogP contribution >= 0.6 is 37.7 Å². The molecule has 0 saturated carbocycles. The molecule has 2 amide bonds. The highest BCUT2D eigenvalue weighted by atomic mass is 35.5. The Morgan fingerprint density at radius 3 is 2.35 bits per heavy atom. The van der Waals surface area contributed by atoms with Crippen molar-refractivity contribution in [2.45, 2.75) is 12.5 Å². The summed E-state index contributed by atoms with van der Waals surface area (Å²) in [5.41, 5.74) is 5.22. The average Bonchev–Trinajstić information content (AvgIpc) is 2.24. The van der Waals surface area contributed by atoms with Crippen LogP contribution in [0.15, 0.2) is 0 Å². The van der Waals surface area contributed by atoms with Crippen LogP contribution in [-0.2, 0) is 9.59 Å². The van der Waals surface area contributed by atoms with Gasteiger partial charge in [-0.15, -0.1) is 12.4 Å². The summed E-state index contributed by atoms with van der Waals surface area (Å²) in [5, 5.41) is 2.91. The number of hydrogen-bond acceptors (Lipinski definition) is 5. The van der Waals surface area contributed by atoms with Crippen LogP contribution < -0.4 is 11.1 Å². The maximum atomic E-state index is 11.6. The highest BCUT2D eigenvalue weighted by Crippen LogP contribution is 2.03. The molecule has 0 aromatic rings. The number of primary amides is 1. The summed E-state index contributed by atoms with van der Waals surface area (Å²) < 4.78 is 0. The van der Waals surface area contributed by atoms with Crippen molar-refractivity contribution >= 4 is 49.5 Å². The number of nitrogens with zero attached hydrogens (tertiary/aromatic N) is 1. The van der Waals surface area contributed by atoms with Crippen molar-refractivity contribution < 1.29 is 9.59 Å². The molecule has 0 aliphatic carbocycles. The molecule has 102 valence electrons. The average molecular weight is 302 g/mol. The van der Waals surface area contributed by atoms with Crippen LogP contribution in [-0.4, -0.2) is 54.4 Å². The molecule has 0 saturated heterocycles. The molecule has 3 N–H and O–H groups in total. The maximum absolute atomic E-state index is 11.6. The number of nitrogens with two attached hydrogens (primary N) is 1. The highest BCUT2D eigenvalue weighted by molar-refractivity contribution is 7.80. The van der Waals surface area contributed by atoms with E-state index in [9.17, 15) is 9.59 Å². The van der Waals surface area contributed by atoms with Gasteiger partial charge in [0, 0.05) is 19.3 Å². The topological polar surface area (TPSA) is 75.4 Å². The molecule has 0 bridgehead atoms. The third kappa shape index (κ3) is 7.75. The molecule has 0 aliphatic rings. The van der Waals surface area contributed by atoms with E-state index >= 15 is 0 Å². The van der Waals surface area contributed by atoms with Crippen molar-refractivity contribution in [3.8, 4) is 0 Å². The van der Waals surface area contributed by atoms with Gasteiger partial charge >= 0.3 is 0 Å². The zero-order valence-corrected chi connectivity index (χ0v) is 12.4. The number of hydrogen-bond donors (Lipinski definition) is 4. The molecular weight excluding hydrogens is 282 g/mol. The Kier molecular flexibility index (Phi) is 12.5. The molecule has 5 nitrogen and oxygen atoms in total. The van der Waals surface area contributed by atoms with Gasteiger partial charge in [-0.1, -0.05) is 0 Å². The molecule has 0 unspecified atom stereocenters. The Bertz CT molecular complexity index is 244. The molecule has 0 heterocycles. The minimum atomic E-state index is -0.581. The second kappa shape index (κ2) is 11.0. The van der Waals surface area contributed by atoms with E-state index in [0.717, 1.165) is 0 Å². The molecule has 0 rings (SSSR count).